The number of halogens is 4. The topological polar surface area (TPSA) is 26.0 Å². The van der Waals surface area contributed by atoms with Gasteiger partial charge in [-0.3, -0.25) is 0 Å². The maximum absolute atomic E-state index is 5.80. The molecule has 0 fully saturated rings. The van der Waals surface area contributed by atoms with Gasteiger partial charge in [-0.15, -0.1) is 0 Å². The number of fused-ring (bicyclic) bond motifs is 2. The van der Waals surface area contributed by atoms with Crippen molar-refractivity contribution in [3.05, 3.63) is 85.3 Å². The van der Waals surface area contributed by atoms with Gasteiger partial charge in [0.15, 0.2) is 0 Å². The van der Waals surface area contributed by atoms with Gasteiger partial charge < -0.3 is 29.7 Å². The monoisotopic (exact) mass is 719 g/mol. The van der Waals surface area contributed by atoms with Crippen LogP contribution in [0.15, 0.2) is 81.7 Å². The molecule has 0 saturated carbocycles. The van der Waals surface area contributed by atoms with E-state index in [9.17, 15) is 0 Å². The smallest absolute Gasteiger partial charge is 1.00 e. The molecule has 0 spiro atoms. The van der Waals surface area contributed by atoms with E-state index in [1.54, 1.807) is 0 Å². The van der Waals surface area contributed by atoms with Gasteiger partial charge in [-0.25, -0.2) is 0 Å². The molecule has 128 valence electrons. The summed E-state index contributed by atoms with van der Waals surface area (Å²) in [7, 11) is 0. The molecule has 0 atom stereocenters. The Kier molecular flexibility index (Phi) is 11.7. The third-order valence-corrected chi connectivity index (χ3v) is 6.05. The van der Waals surface area contributed by atoms with Crippen LogP contribution in [-0.4, -0.2) is 0 Å². The summed E-state index contributed by atoms with van der Waals surface area (Å²) in [5.74, 6) is 0. The van der Waals surface area contributed by atoms with E-state index in [1.807, 2.05) is 30.3 Å². The first-order valence-corrected chi connectivity index (χ1v) is 10.00. The fourth-order valence-corrected chi connectivity index (χ4v) is 4.12. The first-order valence-electron chi connectivity index (χ1n) is 7.33. The van der Waals surface area contributed by atoms with Gasteiger partial charge in [0.1, 0.15) is 0 Å². The van der Waals surface area contributed by atoms with E-state index in [2.05, 4.69) is 96.9 Å². The molecule has 4 aromatic carbocycles. The van der Waals surface area contributed by atoms with E-state index in [4.69, 9.17) is 5.73 Å². The van der Waals surface area contributed by atoms with E-state index in [0.29, 0.717) is 0 Å². The molecule has 0 heterocycles. The first-order chi connectivity index (χ1) is 11.6. The van der Waals surface area contributed by atoms with E-state index < -0.39 is 0 Å². The zero-order valence-corrected chi connectivity index (χ0v) is 24.6. The predicted octanol–water partition coefficient (Wildman–Crippen LogP) is 1.40. The number of anilines is 1. The van der Waals surface area contributed by atoms with Crippen LogP contribution in [0.25, 0.3) is 21.5 Å². The molecule has 6 heteroatoms. The summed E-state index contributed by atoms with van der Waals surface area (Å²) >= 11 is 9.36. The summed E-state index contributed by atoms with van der Waals surface area (Å²) in [5, 5.41) is 4.86. The van der Waals surface area contributed by atoms with Crippen LogP contribution < -0.4 is 81.1 Å². The SMILES string of the molecule is Brc1ccc(I)c2ccccc12.Nc1ccc(Br)c2ccccc12.[I-].[K+]. The number of hydrogen-bond acceptors (Lipinski definition) is 1. The van der Waals surface area contributed by atoms with Crippen molar-refractivity contribution in [2.75, 3.05) is 5.73 Å². The minimum atomic E-state index is 0. The van der Waals surface area contributed by atoms with Crippen LogP contribution in [0.1, 0.15) is 0 Å². The Bertz CT molecular complexity index is 861. The fraction of sp³-hybridized carbons (Fsp3) is 0. The van der Waals surface area contributed by atoms with Crippen molar-refractivity contribution < 1.29 is 75.4 Å². The molecular weight excluding hydrogens is 707 g/mol. The largest absolute Gasteiger partial charge is 1.00 e. The van der Waals surface area contributed by atoms with Gasteiger partial charge in [-0.1, -0.05) is 80.4 Å². The Morgan fingerprint density at radius 3 is 1.54 bits per heavy atom. The molecule has 0 bridgehead atoms. The zero-order chi connectivity index (χ0) is 17.1. The van der Waals surface area contributed by atoms with Crippen molar-refractivity contribution in [2.45, 2.75) is 0 Å². The molecule has 4 rings (SSSR count). The minimum absolute atomic E-state index is 0. The van der Waals surface area contributed by atoms with Crippen LogP contribution in [0.4, 0.5) is 5.69 Å². The van der Waals surface area contributed by atoms with Gasteiger partial charge in [0, 0.05) is 23.6 Å². The van der Waals surface area contributed by atoms with Crippen LogP contribution in [0.2, 0.25) is 0 Å². The van der Waals surface area contributed by atoms with Gasteiger partial charge in [-0.2, -0.15) is 0 Å². The molecule has 0 aromatic heterocycles. The molecule has 0 aliphatic carbocycles. The van der Waals surface area contributed by atoms with Crippen molar-refractivity contribution in [1.29, 1.82) is 0 Å². The standard InChI is InChI=1S/C10H6BrI.C10H8BrN.HI.K/c2*11-9-5-6-10(12)8-4-2-1-3-7(8)9;;/h1-6H;1-6H,12H2;1H;/q;;;+1/p-1. The summed E-state index contributed by atoms with van der Waals surface area (Å²) in [6.07, 6.45) is 0. The summed E-state index contributed by atoms with van der Waals surface area (Å²) in [5.41, 5.74) is 6.63. The van der Waals surface area contributed by atoms with Crippen LogP contribution in [0.3, 0.4) is 0 Å². The molecule has 1 nitrogen and oxygen atoms in total. The molecule has 26 heavy (non-hydrogen) atoms. The van der Waals surface area contributed by atoms with Crippen LogP contribution in [-0.2, 0) is 0 Å². The zero-order valence-electron chi connectivity index (χ0n) is 14.0. The second-order valence-corrected chi connectivity index (χ2v) is 8.13. The Morgan fingerprint density at radius 1 is 0.615 bits per heavy atom. The van der Waals surface area contributed by atoms with Gasteiger partial charge in [-0.05, 0) is 63.0 Å². The molecule has 0 amide bonds. The van der Waals surface area contributed by atoms with Crippen LogP contribution in [0.5, 0.6) is 0 Å². The summed E-state index contributed by atoms with van der Waals surface area (Å²) in [4.78, 5) is 0. The average molecular weight is 721 g/mol. The Labute approximate surface area is 243 Å². The normalized spacial score (nSPS) is 9.65. The summed E-state index contributed by atoms with van der Waals surface area (Å²) in [6, 6.07) is 24.5. The van der Waals surface area contributed by atoms with E-state index in [0.717, 1.165) is 20.9 Å². The van der Waals surface area contributed by atoms with Crippen molar-refractivity contribution in [3.8, 4) is 0 Å². The third-order valence-electron chi connectivity index (χ3n) is 3.72. The van der Waals surface area contributed by atoms with Crippen molar-refractivity contribution >= 4 is 81.7 Å². The molecule has 0 unspecified atom stereocenters. The van der Waals surface area contributed by atoms with Gasteiger partial charge in [0.25, 0.3) is 0 Å². The Hall–Kier alpha value is 1.26. The summed E-state index contributed by atoms with van der Waals surface area (Å²) in [6.45, 7) is 0. The number of rotatable bonds is 0. The van der Waals surface area contributed by atoms with E-state index in [1.165, 1.54) is 18.8 Å². The number of hydrogen-bond donors (Lipinski definition) is 1. The maximum atomic E-state index is 5.80. The van der Waals surface area contributed by atoms with E-state index in [-0.39, 0.29) is 75.4 Å². The van der Waals surface area contributed by atoms with E-state index >= 15 is 0 Å². The quantitative estimate of drug-likeness (QED) is 0.166. The molecule has 0 radical (unpaired) electrons. The molecule has 0 aliphatic rings. The minimum Gasteiger partial charge on any atom is -1.00 e. The van der Waals surface area contributed by atoms with Crippen molar-refractivity contribution in [3.63, 3.8) is 0 Å². The van der Waals surface area contributed by atoms with Gasteiger partial charge in [0.05, 0.1) is 0 Å². The van der Waals surface area contributed by atoms with Gasteiger partial charge in [0.2, 0.25) is 0 Å². The van der Waals surface area contributed by atoms with Crippen LogP contribution in [0, 0.1) is 3.57 Å². The molecule has 0 aliphatic heterocycles. The second kappa shape index (κ2) is 12.1. The van der Waals surface area contributed by atoms with Gasteiger partial charge >= 0.3 is 51.4 Å². The maximum Gasteiger partial charge on any atom is 1.00 e. The first kappa shape index (κ1) is 25.3. The Morgan fingerprint density at radius 2 is 1.04 bits per heavy atom. The average Bonchev–Trinajstić information content (AvgIpc) is 2.63. The fourth-order valence-electron chi connectivity index (χ4n) is 2.51. The molecule has 2 N–H and O–H groups in total. The predicted molar refractivity (Wildman–Crippen MR) is 120 cm³/mol. The number of nitrogen functional groups attached to an aromatic ring is 1. The van der Waals surface area contributed by atoms with Crippen molar-refractivity contribution in [1.82, 2.24) is 0 Å². The molecule has 0 saturated heterocycles. The molecule has 4 aromatic rings. The Balaban J connectivity index is 0.000000241. The summed E-state index contributed by atoms with van der Waals surface area (Å²) < 4.78 is 3.55. The third kappa shape index (κ3) is 6.12. The van der Waals surface area contributed by atoms with Crippen molar-refractivity contribution in [2.24, 2.45) is 0 Å². The number of nitrogens with two attached hydrogens (primary N) is 1. The second-order valence-electron chi connectivity index (χ2n) is 5.26. The molecular formula is C20H14Br2I2KN. The van der Waals surface area contributed by atoms with Crippen LogP contribution >= 0.6 is 54.5 Å². The number of benzene rings is 4.